The molecular weight excluding hydrogens is 295 g/mol. The maximum Gasteiger partial charge on any atom is 0.0449 e. The summed E-state index contributed by atoms with van der Waals surface area (Å²) in [7, 11) is 0. The van der Waals surface area contributed by atoms with Gasteiger partial charge in [-0.1, -0.05) is 33.6 Å². The number of halogens is 3. The Bertz CT molecular complexity index is 347. The van der Waals surface area contributed by atoms with Crippen molar-refractivity contribution in [2.45, 2.75) is 31.1 Å². The second-order valence-corrected chi connectivity index (χ2v) is 6.01. The minimum atomic E-state index is 0.338. The first-order chi connectivity index (χ1) is 7.16. The molecular formula is C12H13BrCl2. The SMILES string of the molecule is Clc1cc(Br)ccc1CCC(Cl)C1CC1. The van der Waals surface area contributed by atoms with Gasteiger partial charge >= 0.3 is 0 Å². The number of alkyl halides is 1. The van der Waals surface area contributed by atoms with Gasteiger partial charge in [-0.05, 0) is 49.3 Å². The van der Waals surface area contributed by atoms with E-state index in [0.717, 1.165) is 28.3 Å². The molecule has 0 N–H and O–H groups in total. The van der Waals surface area contributed by atoms with Crippen LogP contribution in [0.4, 0.5) is 0 Å². The molecule has 3 heteroatoms. The van der Waals surface area contributed by atoms with E-state index in [4.69, 9.17) is 23.2 Å². The predicted octanol–water partition coefficient (Wildman–Crippen LogP) is 5.05. The molecule has 1 atom stereocenters. The van der Waals surface area contributed by atoms with Crippen LogP contribution < -0.4 is 0 Å². The molecule has 1 aliphatic carbocycles. The van der Waals surface area contributed by atoms with Gasteiger partial charge in [-0.15, -0.1) is 11.6 Å². The summed E-state index contributed by atoms with van der Waals surface area (Å²) in [4.78, 5) is 0. The Kier molecular flexibility index (Phi) is 3.98. The topological polar surface area (TPSA) is 0 Å². The highest BCUT2D eigenvalue weighted by Gasteiger charge is 2.29. The van der Waals surface area contributed by atoms with Crippen LogP contribution in [0.3, 0.4) is 0 Å². The van der Waals surface area contributed by atoms with Crippen molar-refractivity contribution in [3.05, 3.63) is 33.3 Å². The Morgan fingerprint density at radius 3 is 2.73 bits per heavy atom. The van der Waals surface area contributed by atoms with Crippen molar-refractivity contribution < 1.29 is 0 Å². The maximum atomic E-state index is 6.26. The van der Waals surface area contributed by atoms with Gasteiger partial charge in [0.25, 0.3) is 0 Å². The van der Waals surface area contributed by atoms with E-state index >= 15 is 0 Å². The van der Waals surface area contributed by atoms with Crippen LogP contribution in [0.15, 0.2) is 22.7 Å². The van der Waals surface area contributed by atoms with E-state index in [1.54, 1.807) is 0 Å². The molecule has 0 nitrogen and oxygen atoms in total. The summed E-state index contributed by atoms with van der Waals surface area (Å²) in [6, 6.07) is 6.04. The molecule has 0 aliphatic heterocycles. The van der Waals surface area contributed by atoms with Crippen LogP contribution in [0.25, 0.3) is 0 Å². The van der Waals surface area contributed by atoms with Crippen LogP contribution in [0.2, 0.25) is 5.02 Å². The maximum absolute atomic E-state index is 6.26. The molecule has 0 saturated heterocycles. The molecule has 15 heavy (non-hydrogen) atoms. The van der Waals surface area contributed by atoms with E-state index in [-0.39, 0.29) is 0 Å². The monoisotopic (exact) mass is 306 g/mol. The van der Waals surface area contributed by atoms with E-state index in [2.05, 4.69) is 22.0 Å². The molecule has 2 rings (SSSR count). The van der Waals surface area contributed by atoms with Crippen molar-refractivity contribution in [2.24, 2.45) is 5.92 Å². The van der Waals surface area contributed by atoms with Crippen molar-refractivity contribution in [3.63, 3.8) is 0 Å². The smallest absolute Gasteiger partial charge is 0.0449 e. The second kappa shape index (κ2) is 5.07. The van der Waals surface area contributed by atoms with Crippen LogP contribution in [-0.2, 0) is 6.42 Å². The fourth-order valence-corrected chi connectivity index (χ4v) is 2.84. The van der Waals surface area contributed by atoms with Crippen LogP contribution in [0.5, 0.6) is 0 Å². The van der Waals surface area contributed by atoms with Crippen LogP contribution in [0, 0.1) is 5.92 Å². The Labute approximate surface area is 109 Å². The number of hydrogen-bond acceptors (Lipinski definition) is 0. The van der Waals surface area contributed by atoms with Crippen LogP contribution in [0.1, 0.15) is 24.8 Å². The van der Waals surface area contributed by atoms with E-state index in [0.29, 0.717) is 5.38 Å². The highest BCUT2D eigenvalue weighted by atomic mass is 79.9. The summed E-state index contributed by atoms with van der Waals surface area (Å²) in [5.74, 6) is 0.765. The first-order valence-corrected chi connectivity index (χ1v) is 6.85. The summed E-state index contributed by atoms with van der Waals surface area (Å²) in [5, 5.41) is 1.17. The van der Waals surface area contributed by atoms with E-state index in [9.17, 15) is 0 Å². The van der Waals surface area contributed by atoms with Crippen molar-refractivity contribution in [1.29, 1.82) is 0 Å². The molecule has 82 valence electrons. The Hall–Kier alpha value is 0.280. The van der Waals surface area contributed by atoms with E-state index < -0.39 is 0 Å². The minimum Gasteiger partial charge on any atom is -0.123 e. The summed E-state index contributed by atoms with van der Waals surface area (Å²) in [6.07, 6.45) is 4.63. The van der Waals surface area contributed by atoms with Crippen molar-refractivity contribution in [1.82, 2.24) is 0 Å². The molecule has 1 fully saturated rings. The third kappa shape index (κ3) is 3.37. The zero-order chi connectivity index (χ0) is 10.8. The molecule has 1 saturated carbocycles. The lowest BCUT2D eigenvalue weighted by Gasteiger charge is -2.09. The van der Waals surface area contributed by atoms with Gasteiger partial charge in [0.2, 0.25) is 0 Å². The predicted molar refractivity (Wildman–Crippen MR) is 69.8 cm³/mol. The van der Waals surface area contributed by atoms with Gasteiger partial charge in [-0.25, -0.2) is 0 Å². The molecule has 1 aromatic rings. The van der Waals surface area contributed by atoms with Gasteiger partial charge in [0.15, 0.2) is 0 Å². The number of aryl methyl sites for hydroxylation is 1. The van der Waals surface area contributed by atoms with Crippen molar-refractivity contribution in [2.75, 3.05) is 0 Å². The fourth-order valence-electron chi connectivity index (χ4n) is 1.71. The molecule has 1 unspecified atom stereocenters. The molecule has 0 heterocycles. The molecule has 0 radical (unpaired) electrons. The first-order valence-electron chi connectivity index (χ1n) is 5.25. The lowest BCUT2D eigenvalue weighted by Crippen LogP contribution is -2.03. The first kappa shape index (κ1) is 11.8. The van der Waals surface area contributed by atoms with Gasteiger partial charge in [0, 0.05) is 14.9 Å². The standard InChI is InChI=1S/C12H13BrCl2/c13-10-5-3-9(12(15)7-10)4-6-11(14)8-1-2-8/h3,5,7-8,11H,1-2,4,6H2. The number of rotatable bonds is 4. The third-order valence-corrected chi connectivity index (χ3v) is 4.26. The summed E-state index contributed by atoms with van der Waals surface area (Å²) in [5.41, 5.74) is 1.20. The lowest BCUT2D eigenvalue weighted by molar-refractivity contribution is 0.676. The van der Waals surface area contributed by atoms with Gasteiger partial charge in [0.05, 0.1) is 0 Å². The van der Waals surface area contributed by atoms with Gasteiger partial charge < -0.3 is 0 Å². The Morgan fingerprint density at radius 2 is 2.13 bits per heavy atom. The number of benzene rings is 1. The zero-order valence-corrected chi connectivity index (χ0v) is 11.4. The Balaban J connectivity index is 1.92. The van der Waals surface area contributed by atoms with Crippen molar-refractivity contribution >= 4 is 39.1 Å². The molecule has 0 bridgehead atoms. The molecule has 1 aliphatic rings. The minimum absolute atomic E-state index is 0.338. The second-order valence-electron chi connectivity index (χ2n) is 4.13. The van der Waals surface area contributed by atoms with Gasteiger partial charge in [0.1, 0.15) is 0 Å². The van der Waals surface area contributed by atoms with Crippen LogP contribution in [-0.4, -0.2) is 5.38 Å². The largest absolute Gasteiger partial charge is 0.123 e. The number of hydrogen-bond donors (Lipinski definition) is 0. The van der Waals surface area contributed by atoms with Crippen LogP contribution >= 0.6 is 39.1 Å². The van der Waals surface area contributed by atoms with E-state index in [1.165, 1.54) is 18.4 Å². The fraction of sp³-hybridized carbons (Fsp3) is 0.500. The third-order valence-electron chi connectivity index (χ3n) is 2.84. The summed E-state index contributed by atoms with van der Waals surface area (Å²) >= 11 is 15.8. The van der Waals surface area contributed by atoms with Gasteiger partial charge in [-0.2, -0.15) is 0 Å². The normalized spacial score (nSPS) is 17.8. The van der Waals surface area contributed by atoms with Crippen molar-refractivity contribution in [3.8, 4) is 0 Å². The summed E-state index contributed by atoms with van der Waals surface area (Å²) < 4.78 is 1.03. The van der Waals surface area contributed by atoms with E-state index in [1.807, 2.05) is 12.1 Å². The average Bonchev–Trinajstić information content (AvgIpc) is 2.99. The lowest BCUT2D eigenvalue weighted by atomic mass is 10.1. The highest BCUT2D eigenvalue weighted by Crippen LogP contribution is 2.38. The summed E-state index contributed by atoms with van der Waals surface area (Å²) in [6.45, 7) is 0. The molecule has 0 amide bonds. The molecule has 0 aromatic heterocycles. The Morgan fingerprint density at radius 1 is 1.40 bits per heavy atom. The molecule has 0 spiro atoms. The quantitative estimate of drug-likeness (QED) is 0.683. The van der Waals surface area contributed by atoms with Gasteiger partial charge in [-0.3, -0.25) is 0 Å². The zero-order valence-electron chi connectivity index (χ0n) is 8.35. The highest BCUT2D eigenvalue weighted by molar-refractivity contribution is 9.10. The average molecular weight is 308 g/mol. The molecule has 1 aromatic carbocycles.